The Morgan fingerprint density at radius 2 is 2.06 bits per heavy atom. The van der Waals surface area contributed by atoms with Crippen LogP contribution in [0.25, 0.3) is 0 Å². The molecule has 0 saturated heterocycles. The molecule has 0 aromatic heterocycles. The van der Waals surface area contributed by atoms with E-state index in [-0.39, 0.29) is 12.0 Å². The minimum absolute atomic E-state index is 0.106. The Hall–Kier alpha value is -1.55. The summed E-state index contributed by atoms with van der Waals surface area (Å²) < 4.78 is 5.74. The SMILES string of the molecule is Cc1ccc(CNC(=O)[C@@H](C)N)c(OC(C)C)c1. The molecule has 0 spiro atoms. The number of hydrogen-bond acceptors (Lipinski definition) is 3. The van der Waals surface area contributed by atoms with E-state index in [4.69, 9.17) is 10.5 Å². The highest BCUT2D eigenvalue weighted by atomic mass is 16.5. The van der Waals surface area contributed by atoms with E-state index in [0.717, 1.165) is 16.9 Å². The Balaban J connectivity index is 2.78. The second-order valence-corrected chi connectivity index (χ2v) is 4.78. The summed E-state index contributed by atoms with van der Waals surface area (Å²) in [6.07, 6.45) is 0.106. The minimum Gasteiger partial charge on any atom is -0.491 e. The van der Waals surface area contributed by atoms with Gasteiger partial charge in [0.05, 0.1) is 12.1 Å². The van der Waals surface area contributed by atoms with Crippen LogP contribution in [-0.4, -0.2) is 18.1 Å². The number of benzene rings is 1. The molecular formula is C14H22N2O2. The van der Waals surface area contributed by atoms with Crippen LogP contribution in [0.15, 0.2) is 18.2 Å². The molecule has 0 saturated carbocycles. The summed E-state index contributed by atoms with van der Waals surface area (Å²) in [7, 11) is 0. The number of rotatable bonds is 5. The van der Waals surface area contributed by atoms with Gasteiger partial charge in [-0.3, -0.25) is 4.79 Å². The molecule has 3 N–H and O–H groups in total. The Morgan fingerprint density at radius 1 is 1.39 bits per heavy atom. The molecule has 18 heavy (non-hydrogen) atoms. The number of amides is 1. The Kier molecular flexibility index (Phi) is 5.16. The zero-order valence-corrected chi connectivity index (χ0v) is 11.5. The van der Waals surface area contributed by atoms with Gasteiger partial charge < -0.3 is 15.8 Å². The number of hydrogen-bond donors (Lipinski definition) is 2. The van der Waals surface area contributed by atoms with Gasteiger partial charge in [0.25, 0.3) is 0 Å². The first kappa shape index (κ1) is 14.5. The summed E-state index contributed by atoms with van der Waals surface area (Å²) in [6.45, 7) is 8.06. The van der Waals surface area contributed by atoms with E-state index in [9.17, 15) is 4.79 Å². The lowest BCUT2D eigenvalue weighted by atomic mass is 10.1. The molecule has 1 aromatic carbocycles. The van der Waals surface area contributed by atoms with Crippen molar-refractivity contribution in [3.8, 4) is 5.75 Å². The van der Waals surface area contributed by atoms with E-state index in [1.807, 2.05) is 39.0 Å². The van der Waals surface area contributed by atoms with E-state index in [2.05, 4.69) is 5.32 Å². The highest BCUT2D eigenvalue weighted by Gasteiger charge is 2.10. The van der Waals surface area contributed by atoms with Crippen molar-refractivity contribution in [1.29, 1.82) is 0 Å². The molecule has 0 unspecified atom stereocenters. The number of aryl methyl sites for hydroxylation is 1. The topological polar surface area (TPSA) is 64.4 Å². The molecule has 4 heteroatoms. The highest BCUT2D eigenvalue weighted by molar-refractivity contribution is 5.80. The van der Waals surface area contributed by atoms with Crippen molar-refractivity contribution in [3.63, 3.8) is 0 Å². The smallest absolute Gasteiger partial charge is 0.236 e. The molecule has 1 amide bonds. The third-order valence-corrected chi connectivity index (χ3v) is 2.45. The number of carbonyl (C=O) groups is 1. The fourth-order valence-electron chi connectivity index (χ4n) is 1.51. The van der Waals surface area contributed by atoms with Crippen molar-refractivity contribution in [2.45, 2.75) is 46.4 Å². The molecule has 0 bridgehead atoms. The molecule has 0 fully saturated rings. The molecule has 100 valence electrons. The van der Waals surface area contributed by atoms with Crippen LogP contribution in [0, 0.1) is 6.92 Å². The fourth-order valence-corrected chi connectivity index (χ4v) is 1.51. The predicted octanol–water partition coefficient (Wildman–Crippen LogP) is 1.75. The molecule has 4 nitrogen and oxygen atoms in total. The van der Waals surface area contributed by atoms with Gasteiger partial charge in [0, 0.05) is 12.1 Å². The Labute approximate surface area is 109 Å². The Morgan fingerprint density at radius 3 is 2.61 bits per heavy atom. The van der Waals surface area contributed by atoms with Gasteiger partial charge >= 0.3 is 0 Å². The molecule has 0 aliphatic carbocycles. The first-order valence-corrected chi connectivity index (χ1v) is 6.19. The van der Waals surface area contributed by atoms with Gasteiger partial charge in [0.15, 0.2) is 0 Å². The normalized spacial score (nSPS) is 12.3. The highest BCUT2D eigenvalue weighted by Crippen LogP contribution is 2.21. The van der Waals surface area contributed by atoms with E-state index in [1.54, 1.807) is 6.92 Å². The summed E-state index contributed by atoms with van der Waals surface area (Å²) in [4.78, 5) is 11.4. The predicted molar refractivity (Wildman–Crippen MR) is 72.4 cm³/mol. The monoisotopic (exact) mass is 250 g/mol. The third kappa shape index (κ3) is 4.37. The Bertz CT molecular complexity index is 414. The lowest BCUT2D eigenvalue weighted by Gasteiger charge is -2.16. The van der Waals surface area contributed by atoms with E-state index in [1.165, 1.54) is 0 Å². The summed E-state index contributed by atoms with van der Waals surface area (Å²) in [5, 5.41) is 2.79. The minimum atomic E-state index is -0.495. The first-order valence-electron chi connectivity index (χ1n) is 6.19. The van der Waals surface area contributed by atoms with E-state index < -0.39 is 6.04 Å². The van der Waals surface area contributed by atoms with Crippen molar-refractivity contribution >= 4 is 5.91 Å². The maximum atomic E-state index is 11.4. The second-order valence-electron chi connectivity index (χ2n) is 4.78. The van der Waals surface area contributed by atoms with Gasteiger partial charge in [-0.25, -0.2) is 0 Å². The van der Waals surface area contributed by atoms with Crippen LogP contribution < -0.4 is 15.8 Å². The van der Waals surface area contributed by atoms with Crippen LogP contribution in [0.2, 0.25) is 0 Å². The van der Waals surface area contributed by atoms with Gasteiger partial charge in [-0.2, -0.15) is 0 Å². The average Bonchev–Trinajstić information content (AvgIpc) is 2.26. The van der Waals surface area contributed by atoms with Crippen LogP contribution >= 0.6 is 0 Å². The van der Waals surface area contributed by atoms with Crippen molar-refractivity contribution in [1.82, 2.24) is 5.32 Å². The lowest BCUT2D eigenvalue weighted by Crippen LogP contribution is -2.37. The number of nitrogens with one attached hydrogen (secondary N) is 1. The quantitative estimate of drug-likeness (QED) is 0.836. The van der Waals surface area contributed by atoms with Gasteiger partial charge in [-0.1, -0.05) is 12.1 Å². The van der Waals surface area contributed by atoms with Gasteiger partial charge in [-0.15, -0.1) is 0 Å². The summed E-state index contributed by atoms with van der Waals surface area (Å²) in [6, 6.07) is 5.45. The summed E-state index contributed by atoms with van der Waals surface area (Å²) in [5.74, 6) is 0.654. The van der Waals surface area contributed by atoms with E-state index in [0.29, 0.717) is 6.54 Å². The lowest BCUT2D eigenvalue weighted by molar-refractivity contribution is -0.122. The summed E-state index contributed by atoms with van der Waals surface area (Å²) in [5.41, 5.74) is 7.59. The van der Waals surface area contributed by atoms with Crippen LogP contribution in [0.5, 0.6) is 5.75 Å². The van der Waals surface area contributed by atoms with Crippen LogP contribution in [0.1, 0.15) is 31.9 Å². The van der Waals surface area contributed by atoms with Crippen LogP contribution in [0.4, 0.5) is 0 Å². The standard InChI is InChI=1S/C14H22N2O2/c1-9(2)18-13-7-10(3)5-6-12(13)8-16-14(17)11(4)15/h5-7,9,11H,8,15H2,1-4H3,(H,16,17)/t11-/m1/s1. The first-order chi connectivity index (χ1) is 8.40. The second kappa shape index (κ2) is 6.40. The zero-order valence-electron chi connectivity index (χ0n) is 11.5. The largest absolute Gasteiger partial charge is 0.491 e. The van der Waals surface area contributed by atoms with Crippen molar-refractivity contribution < 1.29 is 9.53 Å². The molecular weight excluding hydrogens is 228 g/mol. The molecule has 1 rings (SSSR count). The maximum absolute atomic E-state index is 11.4. The maximum Gasteiger partial charge on any atom is 0.236 e. The molecule has 1 atom stereocenters. The molecule has 0 heterocycles. The van der Waals surface area contributed by atoms with Gasteiger partial charge in [0.1, 0.15) is 5.75 Å². The van der Waals surface area contributed by atoms with E-state index >= 15 is 0 Å². The summed E-state index contributed by atoms with van der Waals surface area (Å²) >= 11 is 0. The number of carbonyl (C=O) groups excluding carboxylic acids is 1. The van der Waals surface area contributed by atoms with Crippen LogP contribution in [-0.2, 0) is 11.3 Å². The number of nitrogens with two attached hydrogens (primary N) is 1. The number of ether oxygens (including phenoxy) is 1. The van der Waals surface area contributed by atoms with Crippen molar-refractivity contribution in [3.05, 3.63) is 29.3 Å². The molecule has 1 aromatic rings. The molecule has 0 aliphatic heterocycles. The fraction of sp³-hybridized carbons (Fsp3) is 0.500. The van der Waals surface area contributed by atoms with Crippen molar-refractivity contribution in [2.75, 3.05) is 0 Å². The van der Waals surface area contributed by atoms with Crippen LogP contribution in [0.3, 0.4) is 0 Å². The third-order valence-electron chi connectivity index (χ3n) is 2.45. The van der Waals surface area contributed by atoms with Crippen molar-refractivity contribution in [2.24, 2.45) is 5.73 Å². The average molecular weight is 250 g/mol. The zero-order chi connectivity index (χ0) is 13.7. The van der Waals surface area contributed by atoms with Gasteiger partial charge in [0.2, 0.25) is 5.91 Å². The molecule has 0 radical (unpaired) electrons. The van der Waals surface area contributed by atoms with Gasteiger partial charge in [-0.05, 0) is 39.3 Å². The molecule has 0 aliphatic rings.